The molecule has 0 saturated carbocycles. The van der Waals surface area contributed by atoms with Crippen molar-refractivity contribution in [3.63, 3.8) is 0 Å². The van der Waals surface area contributed by atoms with Gasteiger partial charge >= 0.3 is 6.36 Å². The van der Waals surface area contributed by atoms with E-state index in [0.717, 1.165) is 31.7 Å². The van der Waals surface area contributed by atoms with Gasteiger partial charge in [-0.15, -0.1) is 13.2 Å². The summed E-state index contributed by atoms with van der Waals surface area (Å²) < 4.78 is 40.5. The fourth-order valence-electron chi connectivity index (χ4n) is 2.25. The second-order valence-electron chi connectivity index (χ2n) is 4.58. The highest BCUT2D eigenvalue weighted by molar-refractivity contribution is 5.30. The van der Waals surface area contributed by atoms with Crippen molar-refractivity contribution in [1.29, 1.82) is 0 Å². The summed E-state index contributed by atoms with van der Waals surface area (Å²) in [6, 6.07) is 6.28. The second kappa shape index (κ2) is 5.79. The molecule has 1 atom stereocenters. The number of hydrogen-bond acceptors (Lipinski definition) is 3. The molecule has 6 heteroatoms. The Balaban J connectivity index is 2.09. The first kappa shape index (κ1) is 14.1. The van der Waals surface area contributed by atoms with Gasteiger partial charge in [-0.2, -0.15) is 0 Å². The van der Waals surface area contributed by atoms with Crippen LogP contribution < -0.4 is 10.1 Å². The van der Waals surface area contributed by atoms with Gasteiger partial charge in [-0.25, -0.2) is 0 Å². The number of rotatable bonds is 3. The number of piperazine rings is 1. The molecule has 1 heterocycles. The van der Waals surface area contributed by atoms with Gasteiger partial charge in [0, 0.05) is 32.2 Å². The van der Waals surface area contributed by atoms with E-state index in [9.17, 15) is 13.2 Å². The minimum absolute atomic E-state index is 0.0823. The van der Waals surface area contributed by atoms with E-state index in [1.165, 1.54) is 12.1 Å². The van der Waals surface area contributed by atoms with Crippen LogP contribution >= 0.6 is 0 Å². The molecule has 0 aromatic heterocycles. The molecular formula is C13H17F3N2O. The molecular weight excluding hydrogens is 257 g/mol. The highest BCUT2D eigenvalue weighted by Crippen LogP contribution is 2.27. The predicted molar refractivity (Wildman–Crippen MR) is 66.0 cm³/mol. The molecule has 1 aromatic rings. The molecule has 2 rings (SSSR count). The van der Waals surface area contributed by atoms with Crippen molar-refractivity contribution in [2.75, 3.05) is 26.2 Å². The van der Waals surface area contributed by atoms with E-state index < -0.39 is 6.36 Å². The van der Waals surface area contributed by atoms with Crippen molar-refractivity contribution in [1.82, 2.24) is 10.2 Å². The molecule has 1 saturated heterocycles. The zero-order valence-electron chi connectivity index (χ0n) is 10.7. The molecule has 1 N–H and O–H groups in total. The van der Waals surface area contributed by atoms with E-state index in [4.69, 9.17) is 0 Å². The fourth-order valence-corrected chi connectivity index (χ4v) is 2.25. The van der Waals surface area contributed by atoms with Gasteiger partial charge in [0.2, 0.25) is 0 Å². The third-order valence-corrected chi connectivity index (χ3v) is 3.27. The van der Waals surface area contributed by atoms with Crippen LogP contribution in [-0.2, 0) is 0 Å². The van der Waals surface area contributed by atoms with Crippen LogP contribution in [-0.4, -0.2) is 37.4 Å². The van der Waals surface area contributed by atoms with Crippen molar-refractivity contribution < 1.29 is 17.9 Å². The summed E-state index contributed by atoms with van der Waals surface area (Å²) >= 11 is 0. The van der Waals surface area contributed by atoms with E-state index >= 15 is 0 Å². The monoisotopic (exact) mass is 274 g/mol. The van der Waals surface area contributed by atoms with Crippen molar-refractivity contribution >= 4 is 0 Å². The first-order chi connectivity index (χ1) is 8.96. The summed E-state index contributed by atoms with van der Waals surface area (Å²) in [4.78, 5) is 2.24. The predicted octanol–water partition coefficient (Wildman–Crippen LogP) is 2.55. The Kier molecular flexibility index (Phi) is 4.31. The number of alkyl halides is 3. The quantitative estimate of drug-likeness (QED) is 0.916. The molecule has 1 aliphatic rings. The molecule has 0 spiro atoms. The topological polar surface area (TPSA) is 24.5 Å². The number of nitrogens with zero attached hydrogens (tertiary/aromatic N) is 1. The van der Waals surface area contributed by atoms with Crippen molar-refractivity contribution in [2.24, 2.45) is 0 Å². The van der Waals surface area contributed by atoms with Gasteiger partial charge in [0.25, 0.3) is 0 Å². The number of halogens is 3. The molecule has 0 unspecified atom stereocenters. The lowest BCUT2D eigenvalue weighted by molar-refractivity contribution is -0.274. The van der Waals surface area contributed by atoms with E-state index in [0.29, 0.717) is 0 Å². The Morgan fingerprint density at radius 2 is 1.95 bits per heavy atom. The molecule has 1 aromatic carbocycles. The average molecular weight is 274 g/mol. The summed E-state index contributed by atoms with van der Waals surface area (Å²) in [5.74, 6) is -0.160. The number of nitrogens with one attached hydrogen (secondary N) is 1. The maximum atomic E-state index is 12.2. The molecule has 19 heavy (non-hydrogen) atoms. The summed E-state index contributed by atoms with van der Waals surface area (Å²) in [7, 11) is 0. The van der Waals surface area contributed by atoms with Gasteiger partial charge in [0.05, 0.1) is 0 Å². The maximum absolute atomic E-state index is 12.2. The highest BCUT2D eigenvalue weighted by atomic mass is 19.4. The molecule has 106 valence electrons. The zero-order chi connectivity index (χ0) is 13.9. The smallest absolute Gasteiger partial charge is 0.406 e. The van der Waals surface area contributed by atoms with Crippen LogP contribution in [0.25, 0.3) is 0 Å². The minimum atomic E-state index is -4.64. The Bertz CT molecular complexity index is 417. The van der Waals surface area contributed by atoms with Gasteiger partial charge in [0.15, 0.2) is 0 Å². The number of ether oxygens (including phenoxy) is 1. The first-order valence-corrected chi connectivity index (χ1v) is 6.26. The van der Waals surface area contributed by atoms with Crippen LogP contribution in [0, 0.1) is 0 Å². The third-order valence-electron chi connectivity index (χ3n) is 3.27. The third kappa shape index (κ3) is 4.11. The van der Waals surface area contributed by atoms with E-state index in [1.807, 2.05) is 13.0 Å². The Labute approximate surface area is 110 Å². The SMILES string of the molecule is C[C@H](c1cccc(OC(F)(F)F)c1)N1CCNCC1. The standard InChI is InChI=1S/C13H17F3N2O/c1-10(18-7-5-17-6-8-18)11-3-2-4-12(9-11)19-13(14,15)16/h2-4,9-10,17H,5-8H2,1H3/t10-/m1/s1. The minimum Gasteiger partial charge on any atom is -0.406 e. The Morgan fingerprint density at radius 3 is 2.58 bits per heavy atom. The molecule has 3 nitrogen and oxygen atoms in total. The Hall–Kier alpha value is -1.27. The van der Waals surface area contributed by atoms with Gasteiger partial charge in [0.1, 0.15) is 5.75 Å². The van der Waals surface area contributed by atoms with Crippen LogP contribution in [0.1, 0.15) is 18.5 Å². The fraction of sp³-hybridized carbons (Fsp3) is 0.538. The van der Waals surface area contributed by atoms with E-state index in [1.54, 1.807) is 6.07 Å². The van der Waals surface area contributed by atoms with Crippen LogP contribution in [0.2, 0.25) is 0 Å². The summed E-state index contributed by atoms with van der Waals surface area (Å²) in [5, 5.41) is 3.25. The lowest BCUT2D eigenvalue weighted by Crippen LogP contribution is -2.44. The van der Waals surface area contributed by atoms with E-state index in [2.05, 4.69) is 15.0 Å². The molecule has 0 bridgehead atoms. The van der Waals surface area contributed by atoms with Gasteiger partial charge in [-0.05, 0) is 24.6 Å². The summed E-state index contributed by atoms with van der Waals surface area (Å²) in [6.45, 7) is 5.60. The van der Waals surface area contributed by atoms with Crippen molar-refractivity contribution in [3.05, 3.63) is 29.8 Å². The zero-order valence-corrected chi connectivity index (χ0v) is 10.7. The number of benzene rings is 1. The average Bonchev–Trinajstić information content (AvgIpc) is 2.37. The molecule has 0 aliphatic carbocycles. The Morgan fingerprint density at radius 1 is 1.26 bits per heavy atom. The first-order valence-electron chi connectivity index (χ1n) is 6.26. The van der Waals surface area contributed by atoms with Crippen LogP contribution in [0.3, 0.4) is 0 Å². The molecule has 0 amide bonds. The highest BCUT2D eigenvalue weighted by Gasteiger charge is 2.31. The molecule has 1 aliphatic heterocycles. The lowest BCUT2D eigenvalue weighted by Gasteiger charge is -2.33. The van der Waals surface area contributed by atoms with Crippen LogP contribution in [0.5, 0.6) is 5.75 Å². The normalized spacial score (nSPS) is 19.2. The lowest BCUT2D eigenvalue weighted by atomic mass is 10.1. The summed E-state index contributed by atoms with van der Waals surface area (Å²) in [5.41, 5.74) is 0.837. The van der Waals surface area contributed by atoms with Crippen molar-refractivity contribution in [3.8, 4) is 5.75 Å². The second-order valence-corrected chi connectivity index (χ2v) is 4.58. The van der Waals surface area contributed by atoms with Crippen LogP contribution in [0.4, 0.5) is 13.2 Å². The van der Waals surface area contributed by atoms with Crippen LogP contribution in [0.15, 0.2) is 24.3 Å². The molecule has 0 radical (unpaired) electrons. The largest absolute Gasteiger partial charge is 0.573 e. The number of hydrogen-bond donors (Lipinski definition) is 1. The summed E-state index contributed by atoms with van der Waals surface area (Å²) in [6.07, 6.45) is -4.64. The van der Waals surface area contributed by atoms with Gasteiger partial charge < -0.3 is 10.1 Å². The van der Waals surface area contributed by atoms with Crippen molar-refractivity contribution in [2.45, 2.75) is 19.3 Å². The van der Waals surface area contributed by atoms with Gasteiger partial charge in [-0.1, -0.05) is 12.1 Å². The molecule has 1 fully saturated rings. The van der Waals surface area contributed by atoms with E-state index in [-0.39, 0.29) is 11.8 Å². The maximum Gasteiger partial charge on any atom is 0.573 e. The van der Waals surface area contributed by atoms with Gasteiger partial charge in [-0.3, -0.25) is 4.90 Å².